The number of amides is 2. The van der Waals surface area contributed by atoms with Crippen molar-refractivity contribution in [1.82, 2.24) is 4.90 Å². The van der Waals surface area contributed by atoms with Gasteiger partial charge in [0.05, 0.1) is 6.04 Å². The molecule has 1 unspecified atom stereocenters. The highest BCUT2D eigenvalue weighted by atomic mass is 19.2. The minimum absolute atomic E-state index is 0.00720. The summed E-state index contributed by atoms with van der Waals surface area (Å²) in [6.07, 6.45) is 0.570. The molecule has 2 aromatic carbocycles. The van der Waals surface area contributed by atoms with Gasteiger partial charge in [-0.15, -0.1) is 0 Å². The lowest BCUT2D eigenvalue weighted by Gasteiger charge is -2.25. The first kappa shape index (κ1) is 16.9. The van der Waals surface area contributed by atoms with Crippen LogP contribution in [-0.2, 0) is 0 Å². The summed E-state index contributed by atoms with van der Waals surface area (Å²) in [4.78, 5) is 13.5. The van der Waals surface area contributed by atoms with E-state index in [4.69, 9.17) is 5.41 Å². The minimum atomic E-state index is -1.13. The zero-order chi connectivity index (χ0) is 18.1. The summed E-state index contributed by atoms with van der Waals surface area (Å²) in [6, 6.07) is 4.28. The third kappa shape index (κ3) is 3.47. The first-order valence-electron chi connectivity index (χ1n) is 7.44. The number of hydrogen-bond acceptors (Lipinski definition) is 2. The second-order valence-electron chi connectivity index (χ2n) is 5.63. The Morgan fingerprint density at radius 3 is 2.36 bits per heavy atom. The quantitative estimate of drug-likeness (QED) is 0.764. The van der Waals surface area contributed by atoms with Gasteiger partial charge in [0.25, 0.3) is 0 Å². The van der Waals surface area contributed by atoms with Crippen molar-refractivity contribution in [3.63, 3.8) is 0 Å². The van der Waals surface area contributed by atoms with E-state index in [0.29, 0.717) is 6.42 Å². The summed E-state index contributed by atoms with van der Waals surface area (Å²) in [6.45, 7) is 0. The molecule has 0 spiro atoms. The number of carbonyl (C=O) groups excluding carboxylic acids is 1. The Balaban J connectivity index is 1.86. The smallest absolute Gasteiger partial charge is 0.307 e. The zero-order valence-corrected chi connectivity index (χ0v) is 12.8. The lowest BCUT2D eigenvalue weighted by Crippen LogP contribution is -2.37. The van der Waals surface area contributed by atoms with Crippen LogP contribution in [0.25, 0.3) is 0 Å². The summed E-state index contributed by atoms with van der Waals surface area (Å²) >= 11 is 0. The van der Waals surface area contributed by atoms with Gasteiger partial charge in [-0.3, -0.25) is 10.3 Å². The molecule has 1 saturated heterocycles. The first-order valence-corrected chi connectivity index (χ1v) is 7.44. The number of likely N-dealkylation sites (tertiary alicyclic amines) is 1. The molecule has 1 aliphatic heterocycles. The van der Waals surface area contributed by atoms with E-state index >= 15 is 0 Å². The van der Waals surface area contributed by atoms with Crippen LogP contribution in [0.15, 0.2) is 36.4 Å². The van der Waals surface area contributed by atoms with Gasteiger partial charge >= 0.3 is 6.03 Å². The van der Waals surface area contributed by atoms with Crippen LogP contribution in [0, 0.1) is 28.7 Å². The number of rotatable bonds is 2. The van der Waals surface area contributed by atoms with Gasteiger partial charge in [0.2, 0.25) is 0 Å². The fourth-order valence-electron chi connectivity index (χ4n) is 2.82. The van der Waals surface area contributed by atoms with Crippen molar-refractivity contribution in [3.8, 4) is 0 Å². The Kier molecular flexibility index (Phi) is 4.43. The lowest BCUT2D eigenvalue weighted by molar-refractivity contribution is 0.225. The average molecular weight is 351 g/mol. The molecule has 4 nitrogen and oxygen atoms in total. The third-order valence-corrected chi connectivity index (χ3v) is 3.92. The maximum Gasteiger partial charge on any atom is 0.327 e. The molecule has 2 N–H and O–H groups in total. The highest BCUT2D eigenvalue weighted by molar-refractivity contribution is 6.03. The van der Waals surface area contributed by atoms with E-state index < -0.39 is 35.3 Å². The molecule has 1 aliphatic rings. The van der Waals surface area contributed by atoms with E-state index in [1.807, 2.05) is 0 Å². The van der Waals surface area contributed by atoms with E-state index in [-0.39, 0.29) is 23.5 Å². The SMILES string of the molecule is N=C1CCC(c2cc(F)cc(F)c2)N1C(=O)Nc1ccc(F)c(F)c1. The number of nitrogens with zero attached hydrogens (tertiary/aromatic N) is 1. The van der Waals surface area contributed by atoms with Crippen LogP contribution >= 0.6 is 0 Å². The van der Waals surface area contributed by atoms with Crippen molar-refractivity contribution in [1.29, 1.82) is 5.41 Å². The van der Waals surface area contributed by atoms with Crippen LogP contribution in [0.2, 0.25) is 0 Å². The second kappa shape index (κ2) is 6.54. The molecule has 2 aromatic rings. The molecular formula is C17H13F4N3O. The number of carbonyl (C=O) groups is 1. The lowest BCUT2D eigenvalue weighted by atomic mass is 10.0. The first-order chi connectivity index (χ1) is 11.8. The molecule has 1 fully saturated rings. The summed E-state index contributed by atoms with van der Waals surface area (Å²) in [5.74, 6) is -3.78. The average Bonchev–Trinajstić information content (AvgIpc) is 2.92. The van der Waals surface area contributed by atoms with Gasteiger partial charge in [-0.2, -0.15) is 0 Å². The fraction of sp³-hybridized carbons (Fsp3) is 0.176. The Labute approximate surface area is 140 Å². The third-order valence-electron chi connectivity index (χ3n) is 3.92. The fourth-order valence-corrected chi connectivity index (χ4v) is 2.82. The van der Waals surface area contributed by atoms with Crippen LogP contribution in [0.4, 0.5) is 28.0 Å². The van der Waals surface area contributed by atoms with E-state index in [0.717, 1.165) is 35.2 Å². The highest BCUT2D eigenvalue weighted by Gasteiger charge is 2.35. The van der Waals surface area contributed by atoms with Crippen LogP contribution in [0.1, 0.15) is 24.4 Å². The largest absolute Gasteiger partial charge is 0.327 e. The monoisotopic (exact) mass is 351 g/mol. The molecule has 0 saturated carbocycles. The van der Waals surface area contributed by atoms with Crippen LogP contribution in [0.5, 0.6) is 0 Å². The molecule has 25 heavy (non-hydrogen) atoms. The highest BCUT2D eigenvalue weighted by Crippen LogP contribution is 2.34. The summed E-state index contributed by atoms with van der Waals surface area (Å²) in [5, 5.41) is 10.3. The number of halogens is 4. The molecule has 130 valence electrons. The Morgan fingerprint density at radius 2 is 1.72 bits per heavy atom. The van der Waals surface area contributed by atoms with Gasteiger partial charge in [0, 0.05) is 24.2 Å². The number of hydrogen-bond donors (Lipinski definition) is 2. The molecular weight excluding hydrogens is 338 g/mol. The van der Waals surface area contributed by atoms with Gasteiger partial charge in [0.1, 0.15) is 17.5 Å². The Bertz CT molecular complexity index is 836. The van der Waals surface area contributed by atoms with Gasteiger partial charge in [0.15, 0.2) is 11.6 Å². The van der Waals surface area contributed by atoms with E-state index in [9.17, 15) is 22.4 Å². The van der Waals surface area contributed by atoms with Gasteiger partial charge in [-0.1, -0.05) is 0 Å². The normalized spacial score (nSPS) is 17.0. The zero-order valence-electron chi connectivity index (χ0n) is 12.8. The standard InChI is InChI=1S/C17H13F4N3O/c18-10-5-9(6-11(19)7-10)15-3-4-16(22)24(15)17(25)23-12-1-2-13(20)14(21)8-12/h1-2,5-8,15,22H,3-4H2,(H,23,25). The maximum absolute atomic E-state index is 13.4. The van der Waals surface area contributed by atoms with E-state index in [1.54, 1.807) is 0 Å². The van der Waals surface area contributed by atoms with Crippen molar-refractivity contribution < 1.29 is 22.4 Å². The molecule has 0 radical (unpaired) electrons. The molecule has 1 heterocycles. The molecule has 0 aliphatic carbocycles. The maximum atomic E-state index is 13.4. The van der Waals surface area contributed by atoms with Crippen LogP contribution < -0.4 is 5.32 Å². The summed E-state index contributed by atoms with van der Waals surface area (Å²) in [5.41, 5.74) is 0.230. The molecule has 0 aromatic heterocycles. The van der Waals surface area contributed by atoms with Crippen molar-refractivity contribution in [2.75, 3.05) is 5.32 Å². The van der Waals surface area contributed by atoms with Gasteiger partial charge in [-0.05, 0) is 36.2 Å². The number of nitrogens with one attached hydrogen (secondary N) is 2. The van der Waals surface area contributed by atoms with Gasteiger partial charge in [-0.25, -0.2) is 22.4 Å². The summed E-state index contributed by atoms with van der Waals surface area (Å²) < 4.78 is 53.1. The summed E-state index contributed by atoms with van der Waals surface area (Å²) in [7, 11) is 0. The number of anilines is 1. The molecule has 2 amide bonds. The topological polar surface area (TPSA) is 56.2 Å². The van der Waals surface area contributed by atoms with E-state index in [2.05, 4.69) is 5.32 Å². The minimum Gasteiger partial charge on any atom is -0.307 e. The Hall–Kier alpha value is -2.90. The molecule has 0 bridgehead atoms. The second-order valence-corrected chi connectivity index (χ2v) is 5.63. The number of amidine groups is 1. The van der Waals surface area contributed by atoms with Crippen molar-refractivity contribution in [2.24, 2.45) is 0 Å². The van der Waals surface area contributed by atoms with Crippen LogP contribution in [-0.4, -0.2) is 16.8 Å². The number of urea groups is 1. The van der Waals surface area contributed by atoms with Gasteiger partial charge < -0.3 is 5.32 Å². The van der Waals surface area contributed by atoms with Crippen molar-refractivity contribution in [3.05, 3.63) is 65.2 Å². The predicted octanol–water partition coefficient (Wildman–Crippen LogP) is 4.59. The van der Waals surface area contributed by atoms with E-state index in [1.165, 1.54) is 6.07 Å². The van der Waals surface area contributed by atoms with Crippen molar-refractivity contribution in [2.45, 2.75) is 18.9 Å². The van der Waals surface area contributed by atoms with Crippen LogP contribution in [0.3, 0.4) is 0 Å². The number of benzene rings is 2. The molecule has 1 atom stereocenters. The molecule has 8 heteroatoms. The predicted molar refractivity (Wildman–Crippen MR) is 83.3 cm³/mol. The Morgan fingerprint density at radius 1 is 1.04 bits per heavy atom. The molecule has 3 rings (SSSR count). The van der Waals surface area contributed by atoms with Crippen molar-refractivity contribution >= 4 is 17.6 Å².